The zero-order valence-electron chi connectivity index (χ0n) is 26.1. The van der Waals surface area contributed by atoms with Gasteiger partial charge in [-0.3, -0.25) is 0 Å². The third-order valence-corrected chi connectivity index (χ3v) is 8.96. The van der Waals surface area contributed by atoms with Gasteiger partial charge < -0.3 is 22.9 Å². The smallest absolute Gasteiger partial charge is 0.374 e. The number of hydrogen-bond acceptors (Lipinski definition) is 5. The maximum Gasteiger partial charge on any atom is 0.374 e. The quantitative estimate of drug-likeness (QED) is 0.155. The SMILES string of the molecule is CCCCN1/C(=C/C(=C/c2oc3cc4oc5ccccc5c4cc3[n+]2CCCC)CC)Oc2cc3oc4ccccc4c3cc21. The third-order valence-electron chi connectivity index (χ3n) is 8.96. The van der Waals surface area contributed by atoms with Crippen molar-refractivity contribution >= 4 is 66.7 Å². The fourth-order valence-corrected chi connectivity index (χ4v) is 6.51. The summed E-state index contributed by atoms with van der Waals surface area (Å²) in [5.41, 5.74) is 7.61. The maximum absolute atomic E-state index is 6.56. The fourth-order valence-electron chi connectivity index (χ4n) is 6.51. The van der Waals surface area contributed by atoms with E-state index in [0.717, 1.165) is 129 Å². The van der Waals surface area contributed by atoms with Crippen LogP contribution in [0.3, 0.4) is 0 Å². The Bertz CT molecular complexity index is 2280. The van der Waals surface area contributed by atoms with Gasteiger partial charge in [-0.25, -0.2) is 0 Å². The minimum absolute atomic E-state index is 0.829. The molecule has 8 rings (SSSR count). The number of allylic oxidation sites excluding steroid dienone is 2. The normalized spacial score (nSPS) is 14.6. The molecule has 0 fully saturated rings. The van der Waals surface area contributed by atoms with Crippen LogP contribution in [0.1, 0.15) is 58.8 Å². The van der Waals surface area contributed by atoms with Gasteiger partial charge in [0.25, 0.3) is 5.52 Å². The average Bonchev–Trinajstić information content (AvgIpc) is 3.79. The number of furan rings is 2. The largest absolute Gasteiger partial charge is 0.456 e. The van der Waals surface area contributed by atoms with Crippen LogP contribution in [0.5, 0.6) is 5.75 Å². The van der Waals surface area contributed by atoms with Crippen molar-refractivity contribution in [2.75, 3.05) is 11.4 Å². The molecule has 0 atom stereocenters. The highest BCUT2D eigenvalue weighted by molar-refractivity contribution is 6.08. The van der Waals surface area contributed by atoms with Gasteiger partial charge in [0.2, 0.25) is 11.5 Å². The molecule has 4 heterocycles. The van der Waals surface area contributed by atoms with Gasteiger partial charge in [-0.1, -0.05) is 70.0 Å². The minimum atomic E-state index is 0.829. The number of benzene rings is 4. The topological polar surface area (TPSA) is 55.8 Å². The van der Waals surface area contributed by atoms with Crippen LogP contribution in [0.15, 0.2) is 104 Å². The lowest BCUT2D eigenvalue weighted by Gasteiger charge is -2.18. The Morgan fingerprint density at radius 1 is 0.711 bits per heavy atom. The van der Waals surface area contributed by atoms with Crippen LogP contribution in [-0.4, -0.2) is 6.54 Å². The first-order chi connectivity index (χ1) is 22.1. The van der Waals surface area contributed by atoms with Crippen molar-refractivity contribution in [2.24, 2.45) is 0 Å². The standard InChI is InChI=1S/C39H37N2O4/c1-4-7-17-40-30-21-28-26-13-9-11-15-32(26)42-34(28)23-36(30)44-38(40)19-25(6-3)20-39-41(18-8-5-2)31-22-29-27-14-10-12-16-33(27)43-35(29)24-37(31)45-39/h9-16,19-24H,4-8,17-18H2,1-3H3/q+1. The Labute approximate surface area is 261 Å². The van der Waals surface area contributed by atoms with Crippen LogP contribution < -0.4 is 14.2 Å². The molecule has 0 bridgehead atoms. The molecule has 7 aromatic rings. The number of rotatable bonds is 9. The van der Waals surface area contributed by atoms with Crippen molar-refractivity contribution in [2.45, 2.75) is 59.4 Å². The number of fused-ring (bicyclic) bond motifs is 8. The average molecular weight is 598 g/mol. The molecule has 0 N–H and O–H groups in total. The van der Waals surface area contributed by atoms with E-state index < -0.39 is 0 Å². The number of ether oxygens (including phenoxy) is 1. The molecule has 4 aromatic carbocycles. The summed E-state index contributed by atoms with van der Waals surface area (Å²) in [6, 6.07) is 24.9. The van der Waals surface area contributed by atoms with E-state index in [9.17, 15) is 0 Å². The van der Waals surface area contributed by atoms with E-state index in [1.54, 1.807) is 0 Å². The van der Waals surface area contributed by atoms with Gasteiger partial charge in [-0.15, -0.1) is 0 Å². The number of aryl methyl sites for hydroxylation is 1. The van der Waals surface area contributed by atoms with Crippen molar-refractivity contribution in [1.29, 1.82) is 0 Å². The fraction of sp³-hybridized carbons (Fsp3) is 0.256. The van der Waals surface area contributed by atoms with E-state index in [0.29, 0.717) is 0 Å². The zero-order valence-corrected chi connectivity index (χ0v) is 26.1. The van der Waals surface area contributed by atoms with Gasteiger partial charge in [0.05, 0.1) is 11.8 Å². The zero-order chi connectivity index (χ0) is 30.5. The van der Waals surface area contributed by atoms with E-state index >= 15 is 0 Å². The molecule has 0 unspecified atom stereocenters. The number of aromatic nitrogens is 1. The Morgan fingerprint density at radius 2 is 1.40 bits per heavy atom. The molecule has 0 saturated carbocycles. The van der Waals surface area contributed by atoms with Crippen LogP contribution in [0.2, 0.25) is 0 Å². The van der Waals surface area contributed by atoms with Crippen LogP contribution >= 0.6 is 0 Å². The first-order valence-corrected chi connectivity index (χ1v) is 16.3. The summed E-state index contributed by atoms with van der Waals surface area (Å²) in [6.07, 6.45) is 9.49. The number of anilines is 1. The van der Waals surface area contributed by atoms with Crippen molar-refractivity contribution in [3.8, 4) is 5.75 Å². The van der Waals surface area contributed by atoms with Gasteiger partial charge in [-0.2, -0.15) is 4.57 Å². The maximum atomic E-state index is 6.56. The van der Waals surface area contributed by atoms with Crippen LogP contribution in [0.25, 0.3) is 61.1 Å². The molecule has 0 saturated heterocycles. The molecule has 45 heavy (non-hydrogen) atoms. The molecule has 1 aliphatic heterocycles. The molecule has 6 nitrogen and oxygen atoms in total. The minimum Gasteiger partial charge on any atom is -0.456 e. The lowest BCUT2D eigenvalue weighted by atomic mass is 10.1. The molecule has 0 spiro atoms. The summed E-state index contributed by atoms with van der Waals surface area (Å²) in [5, 5.41) is 4.47. The molecular weight excluding hydrogens is 560 g/mol. The first-order valence-electron chi connectivity index (χ1n) is 16.3. The number of oxazole rings is 1. The van der Waals surface area contributed by atoms with Crippen LogP contribution in [0.4, 0.5) is 5.69 Å². The lowest BCUT2D eigenvalue weighted by molar-refractivity contribution is -0.678. The highest BCUT2D eigenvalue weighted by Gasteiger charge is 2.29. The monoisotopic (exact) mass is 597 g/mol. The Morgan fingerprint density at radius 3 is 2.11 bits per heavy atom. The van der Waals surface area contributed by atoms with Gasteiger partial charge in [0, 0.05) is 58.8 Å². The second kappa shape index (κ2) is 11.2. The highest BCUT2D eigenvalue weighted by atomic mass is 16.5. The van der Waals surface area contributed by atoms with Gasteiger partial charge in [-0.05, 0) is 36.6 Å². The Hall–Kier alpha value is -4.97. The first kappa shape index (κ1) is 27.6. The third kappa shape index (κ3) is 4.67. The summed E-state index contributed by atoms with van der Waals surface area (Å²) in [4.78, 5) is 2.31. The van der Waals surface area contributed by atoms with Crippen molar-refractivity contribution in [1.82, 2.24) is 0 Å². The van der Waals surface area contributed by atoms with Crippen LogP contribution in [-0.2, 0) is 6.54 Å². The summed E-state index contributed by atoms with van der Waals surface area (Å²) in [7, 11) is 0. The van der Waals surface area contributed by atoms with E-state index in [4.69, 9.17) is 18.0 Å². The van der Waals surface area contributed by atoms with E-state index in [2.05, 4.69) is 78.8 Å². The van der Waals surface area contributed by atoms with Gasteiger partial charge >= 0.3 is 5.89 Å². The second-order valence-electron chi connectivity index (χ2n) is 11.9. The summed E-state index contributed by atoms with van der Waals surface area (Å²) >= 11 is 0. The number of nitrogens with zero attached hydrogens (tertiary/aromatic N) is 2. The lowest BCUT2D eigenvalue weighted by Crippen LogP contribution is -2.35. The Kier molecular flexibility index (Phi) is 6.85. The summed E-state index contributed by atoms with van der Waals surface area (Å²) in [5.74, 6) is 2.50. The molecule has 6 heteroatoms. The van der Waals surface area contributed by atoms with E-state index in [1.807, 2.05) is 36.4 Å². The van der Waals surface area contributed by atoms with E-state index in [-0.39, 0.29) is 0 Å². The molecule has 226 valence electrons. The van der Waals surface area contributed by atoms with Crippen molar-refractivity contribution in [3.63, 3.8) is 0 Å². The molecule has 0 aliphatic carbocycles. The predicted octanol–water partition coefficient (Wildman–Crippen LogP) is 10.7. The predicted molar refractivity (Wildman–Crippen MR) is 182 cm³/mol. The number of para-hydroxylation sites is 2. The van der Waals surface area contributed by atoms with Gasteiger partial charge in [0.1, 0.15) is 22.3 Å². The van der Waals surface area contributed by atoms with E-state index in [1.165, 1.54) is 0 Å². The Balaban J connectivity index is 1.22. The molecule has 1 aliphatic rings. The number of unbranched alkanes of at least 4 members (excludes halogenated alkanes) is 2. The van der Waals surface area contributed by atoms with Crippen molar-refractivity contribution < 1.29 is 22.6 Å². The molecule has 3 aromatic heterocycles. The van der Waals surface area contributed by atoms with Crippen LogP contribution in [0, 0.1) is 0 Å². The molecule has 0 radical (unpaired) electrons. The van der Waals surface area contributed by atoms with Gasteiger partial charge in [0.15, 0.2) is 12.3 Å². The molecule has 0 amide bonds. The second-order valence-corrected chi connectivity index (χ2v) is 11.9. The number of hydrogen-bond donors (Lipinski definition) is 0. The van der Waals surface area contributed by atoms with Crippen molar-refractivity contribution in [3.05, 3.63) is 96.2 Å². The summed E-state index contributed by atoms with van der Waals surface area (Å²) < 4.78 is 27.8. The highest BCUT2D eigenvalue weighted by Crippen LogP contribution is 2.44. The molecular formula is C39H37N2O4+. The summed E-state index contributed by atoms with van der Waals surface area (Å²) in [6.45, 7) is 8.38.